The Morgan fingerprint density at radius 2 is 2.41 bits per heavy atom. The molecule has 0 amide bonds. The van der Waals surface area contributed by atoms with Crippen molar-refractivity contribution in [1.29, 1.82) is 5.26 Å². The van der Waals surface area contributed by atoms with E-state index in [1.165, 1.54) is 0 Å². The Labute approximate surface area is 99.1 Å². The lowest BCUT2D eigenvalue weighted by atomic mass is 10.1. The summed E-state index contributed by atoms with van der Waals surface area (Å²) in [6.45, 7) is 0. The van der Waals surface area contributed by atoms with Crippen molar-refractivity contribution >= 4 is 11.8 Å². The summed E-state index contributed by atoms with van der Waals surface area (Å²) in [7, 11) is 0. The highest BCUT2D eigenvalue weighted by atomic mass is 16.4. The van der Waals surface area contributed by atoms with E-state index >= 15 is 0 Å². The number of carbonyl (C=O) groups is 1. The second-order valence-corrected chi connectivity index (χ2v) is 4.23. The SMILES string of the molecule is N#Cc1ccnc(N[C@H]2CC[C@@H](C(=O)O)C2)c1. The number of rotatable bonds is 3. The van der Waals surface area contributed by atoms with Gasteiger partial charge >= 0.3 is 5.97 Å². The molecule has 1 aliphatic rings. The summed E-state index contributed by atoms with van der Waals surface area (Å²) >= 11 is 0. The molecular weight excluding hydrogens is 218 g/mol. The lowest BCUT2D eigenvalue weighted by Gasteiger charge is -2.12. The number of carboxylic acids is 1. The molecule has 0 aliphatic heterocycles. The van der Waals surface area contributed by atoms with Gasteiger partial charge in [-0.05, 0) is 31.4 Å². The van der Waals surface area contributed by atoms with Gasteiger partial charge in [-0.2, -0.15) is 5.26 Å². The number of nitriles is 1. The molecule has 1 heterocycles. The molecule has 17 heavy (non-hydrogen) atoms. The van der Waals surface area contributed by atoms with Crippen molar-refractivity contribution < 1.29 is 9.90 Å². The number of hydrogen-bond donors (Lipinski definition) is 2. The summed E-state index contributed by atoms with van der Waals surface area (Å²) in [6, 6.07) is 5.50. The molecule has 2 N–H and O–H groups in total. The van der Waals surface area contributed by atoms with E-state index in [4.69, 9.17) is 10.4 Å². The molecule has 0 saturated heterocycles. The van der Waals surface area contributed by atoms with Crippen molar-refractivity contribution in [3.63, 3.8) is 0 Å². The normalized spacial score (nSPS) is 23.0. The minimum Gasteiger partial charge on any atom is -0.481 e. The molecule has 0 spiro atoms. The van der Waals surface area contributed by atoms with Gasteiger partial charge in [-0.25, -0.2) is 4.98 Å². The highest BCUT2D eigenvalue weighted by molar-refractivity contribution is 5.70. The fourth-order valence-electron chi connectivity index (χ4n) is 2.13. The predicted molar refractivity (Wildman–Crippen MR) is 61.3 cm³/mol. The van der Waals surface area contributed by atoms with Crippen molar-refractivity contribution in [2.45, 2.75) is 25.3 Å². The Bertz CT molecular complexity index is 467. The van der Waals surface area contributed by atoms with E-state index in [1.807, 2.05) is 6.07 Å². The van der Waals surface area contributed by atoms with Crippen molar-refractivity contribution in [2.24, 2.45) is 5.92 Å². The molecule has 88 valence electrons. The van der Waals surface area contributed by atoms with E-state index in [0.717, 1.165) is 6.42 Å². The van der Waals surface area contributed by atoms with Crippen LogP contribution in [0.1, 0.15) is 24.8 Å². The maximum absolute atomic E-state index is 10.8. The van der Waals surface area contributed by atoms with Crippen LogP contribution < -0.4 is 5.32 Å². The molecule has 5 nitrogen and oxygen atoms in total. The maximum atomic E-state index is 10.8. The molecule has 2 rings (SSSR count). The summed E-state index contributed by atoms with van der Waals surface area (Å²) in [4.78, 5) is 14.9. The number of nitrogens with one attached hydrogen (secondary N) is 1. The van der Waals surface area contributed by atoms with Crippen molar-refractivity contribution in [2.75, 3.05) is 5.32 Å². The lowest BCUT2D eigenvalue weighted by molar-refractivity contribution is -0.141. The first-order chi connectivity index (χ1) is 8.19. The van der Waals surface area contributed by atoms with Crippen LogP contribution in [-0.2, 0) is 4.79 Å². The second kappa shape index (κ2) is 4.83. The second-order valence-electron chi connectivity index (χ2n) is 4.23. The maximum Gasteiger partial charge on any atom is 0.306 e. The molecule has 0 radical (unpaired) electrons. The summed E-state index contributed by atoms with van der Waals surface area (Å²) in [5.41, 5.74) is 0.551. The average molecular weight is 231 g/mol. The van der Waals surface area contributed by atoms with Crippen LogP contribution in [0.2, 0.25) is 0 Å². The van der Waals surface area contributed by atoms with Crippen LogP contribution in [-0.4, -0.2) is 22.1 Å². The van der Waals surface area contributed by atoms with Crippen molar-refractivity contribution in [3.8, 4) is 6.07 Å². The minimum atomic E-state index is -0.729. The third kappa shape index (κ3) is 2.72. The zero-order valence-electron chi connectivity index (χ0n) is 9.26. The standard InChI is InChI=1S/C12H13N3O2/c13-7-8-3-4-14-11(5-8)15-10-2-1-9(6-10)12(16)17/h3-5,9-10H,1-2,6H2,(H,14,15)(H,16,17)/t9-,10+/m1/s1. The molecule has 1 aromatic heterocycles. The molecule has 1 fully saturated rings. The fourth-order valence-corrected chi connectivity index (χ4v) is 2.13. The Hall–Kier alpha value is -2.09. The van der Waals surface area contributed by atoms with Crippen molar-refractivity contribution in [1.82, 2.24) is 4.98 Å². The van der Waals surface area contributed by atoms with Gasteiger partial charge in [-0.1, -0.05) is 0 Å². The molecule has 1 saturated carbocycles. The van der Waals surface area contributed by atoms with Gasteiger partial charge < -0.3 is 10.4 Å². The third-order valence-corrected chi connectivity index (χ3v) is 3.02. The highest BCUT2D eigenvalue weighted by Crippen LogP contribution is 2.27. The molecule has 1 aliphatic carbocycles. The Morgan fingerprint density at radius 1 is 1.59 bits per heavy atom. The monoisotopic (exact) mass is 231 g/mol. The number of aromatic nitrogens is 1. The van der Waals surface area contributed by atoms with E-state index < -0.39 is 5.97 Å². The molecule has 0 bridgehead atoms. The Balaban J connectivity index is 1.98. The van der Waals surface area contributed by atoms with Gasteiger partial charge in [0.05, 0.1) is 17.6 Å². The summed E-state index contributed by atoms with van der Waals surface area (Å²) in [5.74, 6) is -0.347. The van der Waals surface area contributed by atoms with E-state index in [-0.39, 0.29) is 12.0 Å². The fraction of sp³-hybridized carbons (Fsp3) is 0.417. The molecule has 0 unspecified atom stereocenters. The topological polar surface area (TPSA) is 86.0 Å². The largest absolute Gasteiger partial charge is 0.481 e. The van der Waals surface area contributed by atoms with Gasteiger partial charge in [0, 0.05) is 12.2 Å². The van der Waals surface area contributed by atoms with Crippen molar-refractivity contribution in [3.05, 3.63) is 23.9 Å². The molecular formula is C12H13N3O2. The van der Waals surface area contributed by atoms with Crippen LogP contribution in [0.5, 0.6) is 0 Å². The molecule has 0 aromatic carbocycles. The van der Waals surface area contributed by atoms with Gasteiger partial charge in [-0.15, -0.1) is 0 Å². The number of anilines is 1. The summed E-state index contributed by atoms with van der Waals surface area (Å²) in [5, 5.41) is 20.8. The number of hydrogen-bond acceptors (Lipinski definition) is 4. The number of aliphatic carboxylic acids is 1. The minimum absolute atomic E-state index is 0.137. The van der Waals surface area contributed by atoms with E-state index in [9.17, 15) is 4.79 Å². The Morgan fingerprint density at radius 3 is 3.06 bits per heavy atom. The van der Waals surface area contributed by atoms with Crippen LogP contribution in [0.3, 0.4) is 0 Å². The van der Waals surface area contributed by atoms with Crippen LogP contribution in [0.15, 0.2) is 18.3 Å². The first-order valence-corrected chi connectivity index (χ1v) is 5.54. The van der Waals surface area contributed by atoms with Gasteiger partial charge in [0.2, 0.25) is 0 Å². The third-order valence-electron chi connectivity index (χ3n) is 3.02. The molecule has 1 aromatic rings. The highest BCUT2D eigenvalue weighted by Gasteiger charge is 2.29. The summed E-state index contributed by atoms with van der Waals surface area (Å²) in [6.07, 6.45) is 3.72. The van der Waals surface area contributed by atoms with Gasteiger partial charge in [0.15, 0.2) is 0 Å². The van der Waals surface area contributed by atoms with E-state index in [1.54, 1.807) is 18.3 Å². The predicted octanol–water partition coefficient (Wildman–Crippen LogP) is 1.62. The van der Waals surface area contributed by atoms with Crippen LogP contribution in [0, 0.1) is 17.2 Å². The quantitative estimate of drug-likeness (QED) is 0.825. The zero-order chi connectivity index (χ0) is 12.3. The smallest absolute Gasteiger partial charge is 0.306 e. The van der Waals surface area contributed by atoms with Gasteiger partial charge in [-0.3, -0.25) is 4.79 Å². The first kappa shape index (κ1) is 11.4. The van der Waals surface area contributed by atoms with Crippen LogP contribution >= 0.6 is 0 Å². The Kier molecular flexibility index (Phi) is 3.24. The van der Waals surface area contributed by atoms with Gasteiger partial charge in [0.25, 0.3) is 0 Å². The van der Waals surface area contributed by atoms with Crippen LogP contribution in [0.25, 0.3) is 0 Å². The molecule has 5 heteroatoms. The number of pyridine rings is 1. The van der Waals surface area contributed by atoms with E-state index in [2.05, 4.69) is 10.3 Å². The van der Waals surface area contributed by atoms with Gasteiger partial charge in [0.1, 0.15) is 5.82 Å². The number of nitrogens with zero attached hydrogens (tertiary/aromatic N) is 2. The summed E-state index contributed by atoms with van der Waals surface area (Å²) < 4.78 is 0. The zero-order valence-corrected chi connectivity index (χ0v) is 9.26. The average Bonchev–Trinajstić information content (AvgIpc) is 2.78. The lowest BCUT2D eigenvalue weighted by Crippen LogP contribution is -2.18. The first-order valence-electron chi connectivity index (χ1n) is 5.54. The molecule has 2 atom stereocenters. The van der Waals surface area contributed by atoms with E-state index in [0.29, 0.717) is 24.2 Å². The number of carboxylic acid groups (broad SMARTS) is 1. The van der Waals surface area contributed by atoms with Crippen LogP contribution in [0.4, 0.5) is 5.82 Å².